The summed E-state index contributed by atoms with van der Waals surface area (Å²) in [4.78, 5) is 0. The van der Waals surface area contributed by atoms with Crippen molar-refractivity contribution in [1.29, 1.82) is 0 Å². The zero-order valence-corrected chi connectivity index (χ0v) is 32.2. The summed E-state index contributed by atoms with van der Waals surface area (Å²) in [7, 11) is 0. The Hall–Kier alpha value is -2.12. The first-order valence-electron chi connectivity index (χ1n) is 16.4. The van der Waals surface area contributed by atoms with Gasteiger partial charge in [0.15, 0.2) is 0 Å². The molecule has 0 aromatic heterocycles. The number of allylic oxidation sites excluding steroid dienone is 4. The topological polar surface area (TPSA) is 0 Å². The maximum absolute atomic E-state index is 5.95. The number of benzene rings is 3. The van der Waals surface area contributed by atoms with E-state index in [4.69, 9.17) is 4.26 Å². The van der Waals surface area contributed by atoms with Crippen LogP contribution < -0.4 is 3.32 Å². The van der Waals surface area contributed by atoms with Crippen LogP contribution in [0.25, 0.3) is 11.1 Å². The summed E-state index contributed by atoms with van der Waals surface area (Å²) in [5, 5.41) is 0. The van der Waals surface area contributed by atoms with Crippen molar-refractivity contribution in [2.75, 3.05) is 0 Å². The molecular formula is C41H56Hf. The van der Waals surface area contributed by atoms with Gasteiger partial charge < -0.3 is 0 Å². The van der Waals surface area contributed by atoms with Gasteiger partial charge in [-0.05, 0) is 0 Å². The second-order valence-electron chi connectivity index (χ2n) is 18.9. The molecule has 224 valence electrons. The van der Waals surface area contributed by atoms with Crippen molar-refractivity contribution in [2.24, 2.45) is 0 Å². The van der Waals surface area contributed by atoms with Gasteiger partial charge in [0.05, 0.1) is 0 Å². The summed E-state index contributed by atoms with van der Waals surface area (Å²) in [5.41, 5.74) is 10.1. The zero-order chi connectivity index (χ0) is 31.2. The molecule has 2 aliphatic rings. The standard InChI is InChI=1S/C21H25.C9H11.C5H5.C3H7.2CH3.CH2.Hf/c1-20(2,3)16-7-9-18-14(12-16)11-15-13-17(21(4,5)6)8-10-19(15)18;1-8(2)9-6-4-3-5-7-9;1-2-4-5-3-1;1-3-2;;;;/h7-13H,1-6H3;4-8H,1-2H3;1-5H;3H,1-2H3;2*1H3;1H2;. The van der Waals surface area contributed by atoms with Gasteiger partial charge in [-0.3, -0.25) is 0 Å². The minimum atomic E-state index is -5.78. The van der Waals surface area contributed by atoms with E-state index in [1.54, 1.807) is 0 Å². The molecule has 0 heterocycles. The van der Waals surface area contributed by atoms with Crippen molar-refractivity contribution in [3.05, 3.63) is 113 Å². The Labute approximate surface area is 251 Å². The number of rotatable bonds is 5. The summed E-state index contributed by atoms with van der Waals surface area (Å²) in [6.07, 6.45) is 9.59. The molecule has 1 heteroatoms. The van der Waals surface area contributed by atoms with Gasteiger partial charge >= 0.3 is 253 Å². The molecule has 0 amide bonds. The Kier molecular flexibility index (Phi) is 6.36. The molecule has 0 fully saturated rings. The van der Waals surface area contributed by atoms with Gasteiger partial charge in [0, 0.05) is 0 Å². The van der Waals surface area contributed by atoms with E-state index in [0.717, 1.165) is 0 Å². The van der Waals surface area contributed by atoms with Gasteiger partial charge in [-0.15, -0.1) is 0 Å². The van der Waals surface area contributed by atoms with Crippen LogP contribution in [0.5, 0.6) is 0 Å². The van der Waals surface area contributed by atoms with E-state index in [9.17, 15) is 0 Å². The van der Waals surface area contributed by atoms with Crippen LogP contribution >= 0.6 is 0 Å². The molecule has 0 aliphatic heterocycles. The van der Waals surface area contributed by atoms with Gasteiger partial charge in [-0.1, -0.05) is 0 Å². The van der Waals surface area contributed by atoms with E-state index < -0.39 is 15.1 Å². The molecule has 0 nitrogen and oxygen atoms in total. The van der Waals surface area contributed by atoms with Crippen LogP contribution in [0.3, 0.4) is 0 Å². The Morgan fingerprint density at radius 3 is 1.43 bits per heavy atom. The summed E-state index contributed by atoms with van der Waals surface area (Å²) < 4.78 is 13.7. The summed E-state index contributed by atoms with van der Waals surface area (Å²) >= 11 is -5.78. The van der Waals surface area contributed by atoms with Crippen molar-refractivity contribution in [2.45, 2.75) is 106 Å². The molecule has 0 N–H and O–H groups in total. The Morgan fingerprint density at radius 1 is 0.643 bits per heavy atom. The zero-order valence-electron chi connectivity index (χ0n) is 28.6. The van der Waals surface area contributed by atoms with Crippen molar-refractivity contribution in [3.63, 3.8) is 0 Å². The van der Waals surface area contributed by atoms with Gasteiger partial charge in [0.1, 0.15) is 0 Å². The number of hydrogen-bond acceptors (Lipinski definition) is 0. The maximum atomic E-state index is 5.95. The average molecular weight is 727 g/mol. The number of hydrogen-bond donors (Lipinski definition) is 0. The van der Waals surface area contributed by atoms with Crippen LogP contribution in [0, 0.1) is 0 Å². The summed E-state index contributed by atoms with van der Waals surface area (Å²) in [5.74, 6) is 0.491. The van der Waals surface area contributed by atoms with Crippen LogP contribution in [-0.2, 0) is 25.9 Å². The van der Waals surface area contributed by atoms with E-state index in [1.165, 1.54) is 42.3 Å². The Bertz CT molecular complexity index is 1690. The van der Waals surface area contributed by atoms with Crippen LogP contribution in [0.2, 0.25) is 16.7 Å². The van der Waals surface area contributed by atoms with Gasteiger partial charge in [0.2, 0.25) is 0 Å². The number of fused-ring (bicyclic) bond motifs is 3. The predicted octanol–water partition coefficient (Wildman–Crippen LogP) is 11.8. The molecule has 0 spiro atoms. The molecule has 3 aromatic carbocycles. The molecule has 0 saturated carbocycles. The minimum absolute atomic E-state index is 0.0574. The first-order valence-corrected chi connectivity index (χ1v) is 34.1. The Morgan fingerprint density at radius 2 is 1.07 bits per heavy atom. The van der Waals surface area contributed by atoms with Crippen molar-refractivity contribution in [1.82, 2.24) is 0 Å². The van der Waals surface area contributed by atoms with E-state index in [1.807, 2.05) is 0 Å². The third-order valence-corrected chi connectivity index (χ3v) is 65.2. The fourth-order valence-electron chi connectivity index (χ4n) is 9.03. The van der Waals surface area contributed by atoms with Gasteiger partial charge in [-0.2, -0.15) is 0 Å². The summed E-state index contributed by atoms with van der Waals surface area (Å²) in [6.45, 7) is 23.7. The van der Waals surface area contributed by atoms with Crippen LogP contribution in [0.4, 0.5) is 0 Å². The van der Waals surface area contributed by atoms with Gasteiger partial charge in [0.25, 0.3) is 0 Å². The first-order chi connectivity index (χ1) is 19.1. The van der Waals surface area contributed by atoms with E-state index >= 15 is 0 Å². The monoisotopic (exact) mass is 728 g/mol. The molecule has 0 saturated heterocycles. The first kappa shape index (κ1) is 31.3. The molecular weight excluding hydrogens is 671 g/mol. The Balaban J connectivity index is 2.06. The second kappa shape index (κ2) is 8.53. The molecule has 0 radical (unpaired) electrons. The fraction of sp³-hybridized carbons (Fsp3) is 0.439. The van der Waals surface area contributed by atoms with Crippen LogP contribution in [-0.4, -0.2) is 4.26 Å². The average Bonchev–Trinajstić information content (AvgIpc) is 3.56. The fourth-order valence-corrected chi connectivity index (χ4v) is 44.8. The predicted molar refractivity (Wildman–Crippen MR) is 187 cm³/mol. The summed E-state index contributed by atoms with van der Waals surface area (Å²) in [6, 6.07) is 24.6. The molecule has 42 heavy (non-hydrogen) atoms. The van der Waals surface area contributed by atoms with E-state index in [2.05, 4.69) is 164 Å². The quantitative estimate of drug-likeness (QED) is 0.230. The normalized spacial score (nSPS) is 18.6. The molecule has 3 aromatic rings. The van der Waals surface area contributed by atoms with Crippen LogP contribution in [0.15, 0.2) is 85.0 Å². The van der Waals surface area contributed by atoms with Crippen LogP contribution in [0.1, 0.15) is 107 Å². The van der Waals surface area contributed by atoms with Crippen molar-refractivity contribution >= 4 is 7.58 Å². The second-order valence-corrected chi connectivity index (χ2v) is 66.7. The van der Waals surface area contributed by atoms with E-state index in [0.29, 0.717) is 9.59 Å². The van der Waals surface area contributed by atoms with Crippen molar-refractivity contribution in [3.8, 4) is 11.1 Å². The molecule has 0 bridgehead atoms. The molecule has 2 aliphatic carbocycles. The third kappa shape index (κ3) is 3.77. The van der Waals surface area contributed by atoms with Gasteiger partial charge in [-0.25, -0.2) is 0 Å². The van der Waals surface area contributed by atoms with Crippen molar-refractivity contribution < 1.29 is 15.1 Å². The SMILES string of the molecule is [CH2]=[Hf]([CH3])([CH3])([c]1ccc(C(C)C)cc1)([CH](C)C)([CH]1C=CC=C1)[CH]1c2cc(C(C)(C)C)ccc2-c2ccc(C(C)(C)C)cc21. The third-order valence-electron chi connectivity index (χ3n) is 13.6. The molecule has 5 rings (SSSR count). The molecule has 0 atom stereocenters. The van der Waals surface area contributed by atoms with E-state index in [-0.39, 0.29) is 18.2 Å². The molecule has 0 unspecified atom stereocenters.